The number of hydrogen-bond acceptors (Lipinski definition) is 4. The smallest absolute Gasteiger partial charge is 0.254 e. The Morgan fingerprint density at radius 2 is 1.79 bits per heavy atom. The molecule has 3 aliphatic rings. The van der Waals surface area contributed by atoms with Crippen LogP contribution in [0.25, 0.3) is 0 Å². The van der Waals surface area contributed by atoms with Gasteiger partial charge in [-0.25, -0.2) is 0 Å². The molecule has 7 nitrogen and oxygen atoms in total. The number of amides is 3. The maximum absolute atomic E-state index is 13.2. The van der Waals surface area contributed by atoms with E-state index in [-0.39, 0.29) is 23.6 Å². The number of nitrogens with one attached hydrogen (secondary N) is 1. The van der Waals surface area contributed by atoms with Gasteiger partial charge in [-0.2, -0.15) is 0 Å². The molecule has 1 saturated carbocycles. The number of hydrogen-bond donors (Lipinski definition) is 1. The lowest BCUT2D eigenvalue weighted by molar-refractivity contribution is -0.141. The van der Waals surface area contributed by atoms with Crippen LogP contribution in [-0.4, -0.2) is 66.4 Å². The first-order chi connectivity index (χ1) is 13.6. The minimum atomic E-state index is -0.413. The van der Waals surface area contributed by atoms with Gasteiger partial charge in [-0.05, 0) is 50.3 Å². The van der Waals surface area contributed by atoms with Crippen LogP contribution in [0.1, 0.15) is 42.5 Å². The SMILES string of the molecule is O=C(Nc1cccc(C(=O)N2CCCCC2C(=O)N2CCOCC2)c1)C1CC1. The van der Waals surface area contributed by atoms with Gasteiger partial charge < -0.3 is 19.9 Å². The van der Waals surface area contributed by atoms with Crippen molar-refractivity contribution >= 4 is 23.4 Å². The molecule has 3 amide bonds. The van der Waals surface area contributed by atoms with Crippen molar-refractivity contribution in [3.05, 3.63) is 29.8 Å². The summed E-state index contributed by atoms with van der Waals surface area (Å²) in [5, 5.41) is 2.89. The highest BCUT2D eigenvalue weighted by atomic mass is 16.5. The van der Waals surface area contributed by atoms with E-state index >= 15 is 0 Å². The van der Waals surface area contributed by atoms with Crippen molar-refractivity contribution in [2.45, 2.75) is 38.1 Å². The van der Waals surface area contributed by atoms with E-state index in [2.05, 4.69) is 5.32 Å². The van der Waals surface area contributed by atoms with Crippen LogP contribution in [0, 0.1) is 5.92 Å². The zero-order chi connectivity index (χ0) is 19.5. The Morgan fingerprint density at radius 1 is 1.00 bits per heavy atom. The Morgan fingerprint density at radius 3 is 2.54 bits per heavy atom. The lowest BCUT2D eigenvalue weighted by Crippen LogP contribution is -2.55. The van der Waals surface area contributed by atoms with Gasteiger partial charge in [0.1, 0.15) is 6.04 Å². The standard InChI is InChI=1S/C21H27N3O4/c25-19(15-7-8-15)22-17-5-3-4-16(14-17)20(26)24-9-2-1-6-18(24)21(27)23-10-12-28-13-11-23/h3-5,14-15,18H,1-2,6-13H2,(H,22,25). The van der Waals surface area contributed by atoms with E-state index in [9.17, 15) is 14.4 Å². The molecule has 0 spiro atoms. The van der Waals surface area contributed by atoms with E-state index in [4.69, 9.17) is 4.74 Å². The molecule has 28 heavy (non-hydrogen) atoms. The van der Waals surface area contributed by atoms with Crippen LogP contribution in [0.3, 0.4) is 0 Å². The lowest BCUT2D eigenvalue weighted by atomic mass is 9.99. The average Bonchev–Trinajstić information content (AvgIpc) is 3.59. The van der Waals surface area contributed by atoms with E-state index in [0.717, 1.165) is 25.7 Å². The van der Waals surface area contributed by atoms with Gasteiger partial charge in [0.25, 0.3) is 5.91 Å². The average molecular weight is 385 g/mol. The number of anilines is 1. The van der Waals surface area contributed by atoms with E-state index in [1.807, 2.05) is 4.90 Å². The summed E-state index contributed by atoms with van der Waals surface area (Å²) in [6.07, 6.45) is 4.41. The van der Waals surface area contributed by atoms with Gasteiger partial charge in [-0.15, -0.1) is 0 Å². The molecule has 1 aromatic rings. The number of benzene rings is 1. The molecule has 1 aromatic carbocycles. The van der Waals surface area contributed by atoms with Gasteiger partial charge in [0.15, 0.2) is 0 Å². The third-order valence-corrected chi connectivity index (χ3v) is 5.70. The quantitative estimate of drug-likeness (QED) is 0.858. The molecule has 1 unspecified atom stereocenters. The fourth-order valence-corrected chi connectivity index (χ4v) is 3.91. The maximum Gasteiger partial charge on any atom is 0.254 e. The highest BCUT2D eigenvalue weighted by Gasteiger charge is 2.36. The van der Waals surface area contributed by atoms with Gasteiger partial charge in [0.2, 0.25) is 11.8 Å². The second kappa shape index (κ2) is 8.31. The number of ether oxygens (including phenoxy) is 1. The van der Waals surface area contributed by atoms with Crippen molar-refractivity contribution in [3.63, 3.8) is 0 Å². The summed E-state index contributed by atoms with van der Waals surface area (Å²) in [6.45, 7) is 2.85. The first-order valence-electron chi connectivity index (χ1n) is 10.2. The Hall–Kier alpha value is -2.41. The molecule has 2 heterocycles. The molecule has 150 valence electrons. The number of nitrogens with zero attached hydrogens (tertiary/aromatic N) is 2. The van der Waals surface area contributed by atoms with E-state index in [0.29, 0.717) is 50.5 Å². The van der Waals surface area contributed by atoms with Crippen molar-refractivity contribution < 1.29 is 19.1 Å². The topological polar surface area (TPSA) is 79.0 Å². The highest BCUT2D eigenvalue weighted by Crippen LogP contribution is 2.30. The molecule has 7 heteroatoms. The first-order valence-corrected chi connectivity index (χ1v) is 10.2. The lowest BCUT2D eigenvalue weighted by Gasteiger charge is -2.38. The van der Waals surface area contributed by atoms with Crippen LogP contribution in [0.15, 0.2) is 24.3 Å². The number of likely N-dealkylation sites (tertiary alicyclic amines) is 1. The zero-order valence-electron chi connectivity index (χ0n) is 16.1. The van der Waals surface area contributed by atoms with Crippen LogP contribution in [0.2, 0.25) is 0 Å². The largest absolute Gasteiger partial charge is 0.378 e. The van der Waals surface area contributed by atoms with E-state index in [1.165, 1.54) is 0 Å². The number of rotatable bonds is 4. The number of morpholine rings is 1. The maximum atomic E-state index is 13.2. The number of carbonyl (C=O) groups is 3. The summed E-state index contributed by atoms with van der Waals surface area (Å²) >= 11 is 0. The van der Waals surface area contributed by atoms with Crippen LogP contribution in [0.4, 0.5) is 5.69 Å². The van der Waals surface area contributed by atoms with Gasteiger partial charge in [-0.3, -0.25) is 14.4 Å². The monoisotopic (exact) mass is 385 g/mol. The Balaban J connectivity index is 1.48. The number of piperidine rings is 1. The van der Waals surface area contributed by atoms with Gasteiger partial charge in [-0.1, -0.05) is 6.07 Å². The summed E-state index contributed by atoms with van der Waals surface area (Å²) in [6, 6.07) is 6.62. The van der Waals surface area contributed by atoms with Crippen LogP contribution >= 0.6 is 0 Å². The summed E-state index contributed by atoms with van der Waals surface area (Å²) in [4.78, 5) is 41.7. The molecule has 1 aliphatic carbocycles. The van der Waals surface area contributed by atoms with Crippen molar-refractivity contribution in [1.29, 1.82) is 0 Å². The predicted octanol–water partition coefficient (Wildman–Crippen LogP) is 1.89. The van der Waals surface area contributed by atoms with Crippen LogP contribution in [-0.2, 0) is 14.3 Å². The minimum absolute atomic E-state index is 0.0166. The van der Waals surface area contributed by atoms with Gasteiger partial charge in [0.05, 0.1) is 13.2 Å². The van der Waals surface area contributed by atoms with E-state index < -0.39 is 6.04 Å². The van der Waals surface area contributed by atoms with Crippen molar-refractivity contribution in [2.75, 3.05) is 38.2 Å². The normalized spacial score (nSPS) is 22.6. The highest BCUT2D eigenvalue weighted by molar-refractivity contribution is 6.00. The molecule has 0 radical (unpaired) electrons. The minimum Gasteiger partial charge on any atom is -0.378 e. The zero-order valence-corrected chi connectivity index (χ0v) is 16.1. The summed E-state index contributed by atoms with van der Waals surface area (Å²) < 4.78 is 5.34. The molecule has 0 aromatic heterocycles. The Kier molecular flexibility index (Phi) is 5.62. The third-order valence-electron chi connectivity index (χ3n) is 5.70. The fourth-order valence-electron chi connectivity index (χ4n) is 3.91. The Labute approximate surface area is 165 Å². The van der Waals surface area contributed by atoms with Crippen molar-refractivity contribution in [3.8, 4) is 0 Å². The third kappa shape index (κ3) is 4.19. The van der Waals surface area contributed by atoms with Crippen molar-refractivity contribution in [2.24, 2.45) is 5.92 Å². The van der Waals surface area contributed by atoms with Crippen molar-refractivity contribution in [1.82, 2.24) is 9.80 Å². The summed E-state index contributed by atoms with van der Waals surface area (Å²) in [7, 11) is 0. The van der Waals surface area contributed by atoms with Crippen LogP contribution in [0.5, 0.6) is 0 Å². The second-order valence-corrected chi connectivity index (χ2v) is 7.79. The second-order valence-electron chi connectivity index (χ2n) is 7.79. The molecule has 3 fully saturated rings. The molecule has 2 aliphatic heterocycles. The molecular formula is C21H27N3O4. The number of carbonyl (C=O) groups excluding carboxylic acids is 3. The van der Waals surface area contributed by atoms with E-state index in [1.54, 1.807) is 29.2 Å². The molecule has 4 rings (SSSR count). The molecular weight excluding hydrogens is 358 g/mol. The molecule has 1 N–H and O–H groups in total. The Bertz CT molecular complexity index is 756. The predicted molar refractivity (Wildman–Crippen MR) is 104 cm³/mol. The van der Waals surface area contributed by atoms with Gasteiger partial charge in [0, 0.05) is 36.8 Å². The molecule has 0 bridgehead atoms. The summed E-state index contributed by atoms with van der Waals surface area (Å²) in [5.41, 5.74) is 1.14. The first kappa shape index (κ1) is 18.9. The molecule has 2 saturated heterocycles. The summed E-state index contributed by atoms with van der Waals surface area (Å²) in [5.74, 6) is 0.00305. The van der Waals surface area contributed by atoms with Crippen LogP contribution < -0.4 is 5.32 Å². The van der Waals surface area contributed by atoms with Gasteiger partial charge >= 0.3 is 0 Å². The fraction of sp³-hybridized carbons (Fsp3) is 0.571. The molecule has 1 atom stereocenters.